The molecule has 0 N–H and O–H groups in total. The first kappa shape index (κ1) is 18.3. The Morgan fingerprint density at radius 2 is 1.89 bits per heavy atom. The summed E-state index contributed by atoms with van der Waals surface area (Å²) in [6, 6.07) is 11.4. The lowest BCUT2D eigenvalue weighted by Gasteiger charge is -2.31. The average molecular weight is 403 g/mol. The number of hydrogen-bond acceptors (Lipinski definition) is 3. The van der Waals surface area contributed by atoms with E-state index in [1.165, 1.54) is 0 Å². The van der Waals surface area contributed by atoms with Gasteiger partial charge in [0.25, 0.3) is 0 Å². The number of halogens is 2. The molecule has 0 bridgehead atoms. The lowest BCUT2D eigenvalue weighted by atomic mass is 9.95. The smallest absolute Gasteiger partial charge is 0.222 e. The van der Waals surface area contributed by atoms with Gasteiger partial charge in [-0.3, -0.25) is 9.20 Å². The Kier molecular flexibility index (Phi) is 5.32. The van der Waals surface area contributed by atoms with Gasteiger partial charge in [0.15, 0.2) is 5.65 Å². The van der Waals surface area contributed by atoms with Crippen LogP contribution in [0, 0.1) is 0 Å². The number of carbonyl (C=O) groups is 1. The first-order chi connectivity index (χ1) is 13.1. The number of likely N-dealkylation sites (tertiary alicyclic amines) is 1. The Morgan fingerprint density at radius 1 is 1.07 bits per heavy atom. The van der Waals surface area contributed by atoms with Crippen LogP contribution in [0.4, 0.5) is 0 Å². The molecule has 140 valence electrons. The van der Waals surface area contributed by atoms with Gasteiger partial charge in [0.05, 0.1) is 10.0 Å². The second kappa shape index (κ2) is 7.87. The number of carbonyl (C=O) groups excluding carboxylic acids is 1. The van der Waals surface area contributed by atoms with Crippen molar-refractivity contribution < 1.29 is 4.79 Å². The number of hydrogen-bond donors (Lipinski definition) is 0. The summed E-state index contributed by atoms with van der Waals surface area (Å²) in [6.45, 7) is 1.49. The van der Waals surface area contributed by atoms with Crippen molar-refractivity contribution in [2.75, 3.05) is 13.1 Å². The molecule has 1 fully saturated rings. The average Bonchev–Trinajstić information content (AvgIpc) is 3.13. The van der Waals surface area contributed by atoms with Crippen LogP contribution in [0.1, 0.15) is 36.6 Å². The molecule has 0 spiro atoms. The van der Waals surface area contributed by atoms with Crippen LogP contribution in [0.3, 0.4) is 0 Å². The zero-order valence-electron chi connectivity index (χ0n) is 14.8. The lowest BCUT2D eigenvalue weighted by molar-refractivity contribution is -0.132. The number of benzene rings is 1. The van der Waals surface area contributed by atoms with Gasteiger partial charge in [-0.05, 0) is 43.0 Å². The van der Waals surface area contributed by atoms with Gasteiger partial charge in [0, 0.05) is 31.6 Å². The Hall–Kier alpha value is -2.11. The van der Waals surface area contributed by atoms with E-state index in [0.717, 1.165) is 43.0 Å². The number of fused-ring (bicyclic) bond motifs is 1. The van der Waals surface area contributed by atoms with Gasteiger partial charge in [-0.15, -0.1) is 10.2 Å². The third-order valence-corrected chi connectivity index (χ3v) is 6.05. The van der Waals surface area contributed by atoms with Gasteiger partial charge in [-0.1, -0.05) is 41.4 Å². The summed E-state index contributed by atoms with van der Waals surface area (Å²) in [5.41, 5.74) is 1.78. The van der Waals surface area contributed by atoms with Crippen molar-refractivity contribution in [3.63, 3.8) is 0 Å². The fraction of sp³-hybridized carbons (Fsp3) is 0.350. The second-order valence-corrected chi connectivity index (χ2v) is 7.64. The third kappa shape index (κ3) is 3.80. The standard InChI is InChI=1S/C20H20Cl2N4O/c21-16-5-3-4-14(19(16)22)7-8-18(27)25-12-9-15(10-13-25)20-24-23-17-6-1-2-11-26(17)20/h1-6,11,15H,7-10,12-13H2. The quantitative estimate of drug-likeness (QED) is 0.650. The molecule has 27 heavy (non-hydrogen) atoms. The molecule has 2 aromatic heterocycles. The topological polar surface area (TPSA) is 50.5 Å². The van der Waals surface area contributed by atoms with Gasteiger partial charge in [-0.25, -0.2) is 0 Å². The van der Waals surface area contributed by atoms with E-state index >= 15 is 0 Å². The molecule has 1 aliphatic rings. The minimum Gasteiger partial charge on any atom is -0.343 e. The molecular formula is C20H20Cl2N4O. The van der Waals surface area contributed by atoms with Crippen LogP contribution >= 0.6 is 23.2 Å². The number of aryl methyl sites for hydroxylation is 1. The van der Waals surface area contributed by atoms with Crippen LogP contribution in [0.15, 0.2) is 42.6 Å². The highest BCUT2D eigenvalue weighted by molar-refractivity contribution is 6.42. The molecule has 5 nitrogen and oxygen atoms in total. The zero-order valence-corrected chi connectivity index (χ0v) is 16.3. The number of amides is 1. The van der Waals surface area contributed by atoms with E-state index in [-0.39, 0.29) is 5.91 Å². The predicted octanol–water partition coefficient (Wildman–Crippen LogP) is 4.37. The van der Waals surface area contributed by atoms with Crippen LogP contribution in [-0.2, 0) is 11.2 Å². The van der Waals surface area contributed by atoms with Crippen LogP contribution < -0.4 is 0 Å². The summed E-state index contributed by atoms with van der Waals surface area (Å²) < 4.78 is 2.04. The molecule has 0 atom stereocenters. The minimum absolute atomic E-state index is 0.163. The minimum atomic E-state index is 0.163. The number of aromatic nitrogens is 3. The molecular weight excluding hydrogens is 383 g/mol. The molecule has 1 aromatic carbocycles. The van der Waals surface area contributed by atoms with Crippen LogP contribution in [-0.4, -0.2) is 38.5 Å². The third-order valence-electron chi connectivity index (χ3n) is 5.19. The van der Waals surface area contributed by atoms with Crippen molar-refractivity contribution >= 4 is 34.8 Å². The molecule has 3 heterocycles. The van der Waals surface area contributed by atoms with Crippen molar-refractivity contribution in [1.29, 1.82) is 0 Å². The SMILES string of the molecule is O=C(CCc1cccc(Cl)c1Cl)N1CCC(c2nnc3ccccn23)CC1. The van der Waals surface area contributed by atoms with E-state index < -0.39 is 0 Å². The maximum Gasteiger partial charge on any atom is 0.222 e. The normalized spacial score (nSPS) is 15.4. The lowest BCUT2D eigenvalue weighted by Crippen LogP contribution is -2.38. The Morgan fingerprint density at radius 3 is 2.70 bits per heavy atom. The first-order valence-corrected chi connectivity index (χ1v) is 9.89. The highest BCUT2D eigenvalue weighted by Gasteiger charge is 2.26. The summed E-state index contributed by atoms with van der Waals surface area (Å²) in [4.78, 5) is 14.5. The van der Waals surface area contributed by atoms with E-state index in [1.54, 1.807) is 6.07 Å². The molecule has 4 rings (SSSR count). The Labute approximate surface area is 167 Å². The molecule has 1 aliphatic heterocycles. The zero-order chi connectivity index (χ0) is 18.8. The van der Waals surface area contributed by atoms with E-state index in [9.17, 15) is 4.79 Å². The van der Waals surface area contributed by atoms with Crippen LogP contribution in [0.25, 0.3) is 5.65 Å². The highest BCUT2D eigenvalue weighted by atomic mass is 35.5. The Bertz CT molecular complexity index is 964. The van der Waals surface area contributed by atoms with E-state index in [4.69, 9.17) is 23.2 Å². The number of nitrogens with zero attached hydrogens (tertiary/aromatic N) is 4. The van der Waals surface area contributed by atoms with Crippen molar-refractivity contribution in [2.45, 2.75) is 31.6 Å². The second-order valence-electron chi connectivity index (χ2n) is 6.86. The summed E-state index contributed by atoms with van der Waals surface area (Å²) in [5.74, 6) is 1.48. The monoisotopic (exact) mass is 402 g/mol. The molecule has 0 saturated carbocycles. The number of piperidine rings is 1. The largest absolute Gasteiger partial charge is 0.343 e. The fourth-order valence-corrected chi connectivity index (χ4v) is 4.08. The molecule has 1 amide bonds. The summed E-state index contributed by atoms with van der Waals surface area (Å²) in [7, 11) is 0. The van der Waals surface area contributed by atoms with Gasteiger partial charge in [-0.2, -0.15) is 0 Å². The van der Waals surface area contributed by atoms with Crippen molar-refractivity contribution in [3.05, 3.63) is 64.0 Å². The van der Waals surface area contributed by atoms with Crippen molar-refractivity contribution in [2.24, 2.45) is 0 Å². The summed E-state index contributed by atoms with van der Waals surface area (Å²) >= 11 is 12.3. The van der Waals surface area contributed by atoms with Crippen molar-refractivity contribution in [1.82, 2.24) is 19.5 Å². The maximum absolute atomic E-state index is 12.6. The van der Waals surface area contributed by atoms with E-state index in [1.807, 2.05) is 45.8 Å². The Balaban J connectivity index is 1.35. The molecule has 7 heteroatoms. The van der Waals surface area contributed by atoms with E-state index in [2.05, 4.69) is 10.2 Å². The van der Waals surface area contributed by atoms with Crippen LogP contribution in [0.5, 0.6) is 0 Å². The molecule has 0 unspecified atom stereocenters. The summed E-state index contributed by atoms with van der Waals surface area (Å²) in [6.07, 6.45) is 4.85. The predicted molar refractivity (Wildman–Crippen MR) is 106 cm³/mol. The summed E-state index contributed by atoms with van der Waals surface area (Å²) in [5, 5.41) is 9.68. The fourth-order valence-electron chi connectivity index (χ4n) is 3.67. The molecule has 0 radical (unpaired) electrons. The van der Waals surface area contributed by atoms with Crippen molar-refractivity contribution in [3.8, 4) is 0 Å². The highest BCUT2D eigenvalue weighted by Crippen LogP contribution is 2.29. The molecule has 0 aliphatic carbocycles. The molecule has 1 saturated heterocycles. The van der Waals surface area contributed by atoms with Gasteiger partial charge in [0.1, 0.15) is 5.82 Å². The molecule has 3 aromatic rings. The number of pyridine rings is 1. The van der Waals surface area contributed by atoms with Gasteiger partial charge in [0.2, 0.25) is 5.91 Å². The maximum atomic E-state index is 12.6. The van der Waals surface area contributed by atoms with E-state index in [0.29, 0.717) is 28.8 Å². The van der Waals surface area contributed by atoms with Crippen LogP contribution in [0.2, 0.25) is 10.0 Å². The first-order valence-electron chi connectivity index (χ1n) is 9.14. The van der Waals surface area contributed by atoms with Gasteiger partial charge >= 0.3 is 0 Å². The van der Waals surface area contributed by atoms with Gasteiger partial charge < -0.3 is 4.90 Å². The number of rotatable bonds is 4.